The first-order valence-corrected chi connectivity index (χ1v) is 7.97. The molecule has 2 rings (SSSR count). The van der Waals surface area contributed by atoms with Gasteiger partial charge in [0, 0.05) is 23.6 Å². The highest BCUT2D eigenvalue weighted by Gasteiger charge is 2.09. The number of carbonyl (C=O) groups excluding carboxylic acids is 1. The number of aliphatic carboxylic acids is 1. The summed E-state index contributed by atoms with van der Waals surface area (Å²) in [4.78, 5) is 22.7. The molecule has 0 radical (unpaired) electrons. The van der Waals surface area contributed by atoms with E-state index in [1.807, 2.05) is 23.9 Å². The normalized spacial score (nSPS) is 10.4. The molecular formula is C15H17N3O3S. The van der Waals surface area contributed by atoms with Crippen LogP contribution < -0.4 is 5.32 Å². The Balaban J connectivity index is 1.96. The Bertz CT molecular complexity index is 652. The van der Waals surface area contributed by atoms with E-state index in [9.17, 15) is 9.59 Å². The molecule has 0 aliphatic carbocycles. The SMILES string of the molecule is CCSCc1ccc(C(=O)Nc2ccn(CC(=O)O)n2)cc1. The summed E-state index contributed by atoms with van der Waals surface area (Å²) >= 11 is 1.82. The Labute approximate surface area is 132 Å². The van der Waals surface area contributed by atoms with Crippen LogP contribution in [-0.4, -0.2) is 32.5 Å². The van der Waals surface area contributed by atoms with E-state index in [2.05, 4.69) is 17.3 Å². The smallest absolute Gasteiger partial charge is 0.325 e. The third-order valence-electron chi connectivity index (χ3n) is 2.87. The summed E-state index contributed by atoms with van der Waals surface area (Å²) in [6.45, 7) is 1.87. The predicted molar refractivity (Wildman–Crippen MR) is 86.1 cm³/mol. The number of carboxylic acids is 1. The van der Waals surface area contributed by atoms with Gasteiger partial charge in [0.2, 0.25) is 0 Å². The van der Waals surface area contributed by atoms with E-state index in [1.165, 1.54) is 16.4 Å². The fourth-order valence-corrected chi connectivity index (χ4v) is 2.45. The first-order chi connectivity index (χ1) is 10.6. The minimum absolute atomic E-state index is 0.236. The number of thioether (sulfide) groups is 1. The molecule has 1 aromatic heterocycles. The van der Waals surface area contributed by atoms with Crippen molar-refractivity contribution in [2.75, 3.05) is 11.1 Å². The summed E-state index contributed by atoms with van der Waals surface area (Å²) in [5.41, 5.74) is 1.71. The van der Waals surface area contributed by atoms with Crippen molar-refractivity contribution >= 4 is 29.5 Å². The lowest BCUT2D eigenvalue weighted by Gasteiger charge is -2.04. The van der Waals surface area contributed by atoms with Crippen LogP contribution >= 0.6 is 11.8 Å². The molecule has 0 saturated heterocycles. The van der Waals surface area contributed by atoms with E-state index in [4.69, 9.17) is 5.11 Å². The predicted octanol–water partition coefficient (Wildman–Crippen LogP) is 2.47. The van der Waals surface area contributed by atoms with Gasteiger partial charge in [0.05, 0.1) is 0 Å². The van der Waals surface area contributed by atoms with Gasteiger partial charge in [-0.05, 0) is 23.4 Å². The topological polar surface area (TPSA) is 84.2 Å². The van der Waals surface area contributed by atoms with E-state index in [-0.39, 0.29) is 12.5 Å². The third-order valence-corrected chi connectivity index (χ3v) is 3.81. The van der Waals surface area contributed by atoms with Gasteiger partial charge in [-0.2, -0.15) is 16.9 Å². The highest BCUT2D eigenvalue weighted by atomic mass is 32.2. The van der Waals surface area contributed by atoms with Crippen molar-refractivity contribution in [1.29, 1.82) is 0 Å². The molecule has 0 fully saturated rings. The summed E-state index contributed by atoms with van der Waals surface area (Å²) in [5.74, 6) is 1.06. The molecule has 7 heteroatoms. The van der Waals surface area contributed by atoms with Crippen molar-refractivity contribution in [3.05, 3.63) is 47.7 Å². The number of rotatable bonds is 7. The number of aromatic nitrogens is 2. The molecule has 22 heavy (non-hydrogen) atoms. The van der Waals surface area contributed by atoms with Gasteiger partial charge in [-0.3, -0.25) is 14.3 Å². The van der Waals surface area contributed by atoms with Crippen LogP contribution in [0.2, 0.25) is 0 Å². The number of anilines is 1. The van der Waals surface area contributed by atoms with E-state index in [0.717, 1.165) is 11.5 Å². The molecule has 0 aliphatic rings. The number of hydrogen-bond donors (Lipinski definition) is 2. The van der Waals surface area contributed by atoms with Gasteiger partial charge >= 0.3 is 5.97 Å². The average molecular weight is 319 g/mol. The van der Waals surface area contributed by atoms with Crippen LogP contribution in [0.3, 0.4) is 0 Å². The van der Waals surface area contributed by atoms with Crippen molar-refractivity contribution in [1.82, 2.24) is 9.78 Å². The maximum atomic E-state index is 12.1. The maximum absolute atomic E-state index is 12.1. The summed E-state index contributed by atoms with van der Waals surface area (Å²) in [7, 11) is 0. The van der Waals surface area contributed by atoms with Crippen LogP contribution in [0.5, 0.6) is 0 Å². The first-order valence-electron chi connectivity index (χ1n) is 6.81. The van der Waals surface area contributed by atoms with Gasteiger partial charge in [-0.1, -0.05) is 19.1 Å². The van der Waals surface area contributed by atoms with Crippen LogP contribution in [0, 0.1) is 0 Å². The molecule has 1 aromatic carbocycles. The summed E-state index contributed by atoms with van der Waals surface area (Å²) in [6, 6.07) is 8.97. The molecular weight excluding hydrogens is 302 g/mol. The second-order valence-electron chi connectivity index (χ2n) is 4.58. The van der Waals surface area contributed by atoms with Crippen molar-refractivity contribution in [2.45, 2.75) is 19.2 Å². The van der Waals surface area contributed by atoms with E-state index < -0.39 is 5.97 Å². The summed E-state index contributed by atoms with van der Waals surface area (Å²) < 4.78 is 1.25. The highest BCUT2D eigenvalue weighted by Crippen LogP contribution is 2.13. The van der Waals surface area contributed by atoms with Gasteiger partial charge in [-0.15, -0.1) is 0 Å². The zero-order valence-corrected chi connectivity index (χ0v) is 13.0. The molecule has 0 unspecified atom stereocenters. The fraction of sp³-hybridized carbons (Fsp3) is 0.267. The zero-order chi connectivity index (χ0) is 15.9. The van der Waals surface area contributed by atoms with Crippen LogP contribution in [0.1, 0.15) is 22.8 Å². The van der Waals surface area contributed by atoms with Gasteiger partial charge in [0.1, 0.15) is 6.54 Å². The number of hydrogen-bond acceptors (Lipinski definition) is 4. The molecule has 2 aromatic rings. The van der Waals surface area contributed by atoms with Crippen molar-refractivity contribution < 1.29 is 14.7 Å². The van der Waals surface area contributed by atoms with Crippen molar-refractivity contribution in [3.63, 3.8) is 0 Å². The Kier molecular flexibility index (Phi) is 5.60. The van der Waals surface area contributed by atoms with Crippen molar-refractivity contribution in [2.24, 2.45) is 0 Å². The van der Waals surface area contributed by atoms with Crippen molar-refractivity contribution in [3.8, 4) is 0 Å². The molecule has 0 aliphatic heterocycles. The highest BCUT2D eigenvalue weighted by molar-refractivity contribution is 7.98. The molecule has 0 saturated carbocycles. The quantitative estimate of drug-likeness (QED) is 0.819. The maximum Gasteiger partial charge on any atom is 0.325 e. The first kappa shape index (κ1) is 16.1. The minimum atomic E-state index is -0.985. The number of benzene rings is 1. The van der Waals surface area contributed by atoms with Crippen LogP contribution in [0.4, 0.5) is 5.82 Å². The number of carboxylic acid groups (broad SMARTS) is 1. The number of carbonyl (C=O) groups is 2. The summed E-state index contributed by atoms with van der Waals surface area (Å²) in [6.07, 6.45) is 1.51. The second kappa shape index (κ2) is 7.65. The number of amides is 1. The Morgan fingerprint density at radius 3 is 2.64 bits per heavy atom. The lowest BCUT2D eigenvalue weighted by atomic mass is 10.1. The Hall–Kier alpha value is -2.28. The molecule has 116 valence electrons. The number of nitrogens with zero attached hydrogens (tertiary/aromatic N) is 2. The summed E-state index contributed by atoms with van der Waals surface area (Å²) in [5, 5.41) is 15.3. The Morgan fingerprint density at radius 1 is 1.27 bits per heavy atom. The van der Waals surface area contributed by atoms with Crippen LogP contribution in [0.25, 0.3) is 0 Å². The molecule has 6 nitrogen and oxygen atoms in total. The average Bonchev–Trinajstić information content (AvgIpc) is 2.91. The van der Waals surface area contributed by atoms with Crippen LogP contribution in [-0.2, 0) is 17.1 Å². The molecule has 0 bridgehead atoms. The molecule has 0 atom stereocenters. The largest absolute Gasteiger partial charge is 0.480 e. The van der Waals surface area contributed by atoms with Gasteiger partial charge in [-0.25, -0.2) is 0 Å². The monoisotopic (exact) mass is 319 g/mol. The van der Waals surface area contributed by atoms with Gasteiger partial charge in [0.25, 0.3) is 5.91 Å². The van der Waals surface area contributed by atoms with Gasteiger partial charge < -0.3 is 10.4 Å². The second-order valence-corrected chi connectivity index (χ2v) is 5.85. The molecule has 2 N–H and O–H groups in total. The zero-order valence-electron chi connectivity index (χ0n) is 12.2. The van der Waals surface area contributed by atoms with E-state index in [0.29, 0.717) is 11.4 Å². The van der Waals surface area contributed by atoms with Gasteiger partial charge in [0.15, 0.2) is 5.82 Å². The lowest BCUT2D eigenvalue weighted by molar-refractivity contribution is -0.137. The lowest BCUT2D eigenvalue weighted by Crippen LogP contribution is -2.14. The van der Waals surface area contributed by atoms with E-state index >= 15 is 0 Å². The Morgan fingerprint density at radius 2 is 2.00 bits per heavy atom. The minimum Gasteiger partial charge on any atom is -0.480 e. The molecule has 1 amide bonds. The van der Waals surface area contributed by atoms with Crippen LogP contribution in [0.15, 0.2) is 36.5 Å². The third kappa shape index (κ3) is 4.63. The van der Waals surface area contributed by atoms with E-state index in [1.54, 1.807) is 18.2 Å². The number of nitrogens with one attached hydrogen (secondary N) is 1. The molecule has 1 heterocycles. The standard InChI is InChI=1S/C15H17N3O3S/c1-2-22-10-11-3-5-12(6-4-11)15(21)16-13-7-8-18(17-13)9-14(19)20/h3-8H,2,9-10H2,1H3,(H,19,20)(H,16,17,21). The fourth-order valence-electron chi connectivity index (χ4n) is 1.82. The molecule has 0 spiro atoms.